The molecule has 3 aromatic rings. The predicted molar refractivity (Wildman–Crippen MR) is 129 cm³/mol. The summed E-state index contributed by atoms with van der Waals surface area (Å²) in [5.41, 5.74) is 1.44. The average Bonchev–Trinajstić information content (AvgIpc) is 2.75. The van der Waals surface area contributed by atoms with E-state index in [4.69, 9.17) is 34.8 Å². The number of hydrogen-bond acceptors (Lipinski definition) is 3. The Hall–Kier alpha value is -2.09. The van der Waals surface area contributed by atoms with Crippen molar-refractivity contribution in [1.29, 1.82) is 0 Å². The molecule has 168 valence electrons. The van der Waals surface area contributed by atoms with E-state index >= 15 is 0 Å². The molecule has 3 aromatic carbocycles. The topological polar surface area (TPSA) is 66.5 Å². The van der Waals surface area contributed by atoms with Crippen LogP contribution in [0.25, 0.3) is 0 Å². The minimum atomic E-state index is -4.02. The first-order chi connectivity index (χ1) is 15.2. The number of nitrogens with one attached hydrogen (secondary N) is 1. The van der Waals surface area contributed by atoms with Gasteiger partial charge in [0.05, 0.1) is 17.5 Å². The lowest BCUT2D eigenvalue weighted by molar-refractivity contribution is -0.122. The number of sulfonamides is 1. The lowest BCUT2D eigenvalue weighted by atomic mass is 10.1. The summed E-state index contributed by atoms with van der Waals surface area (Å²) in [5, 5.41) is 4.00. The van der Waals surface area contributed by atoms with Gasteiger partial charge < -0.3 is 5.32 Å². The molecular weight excluding hydrogens is 491 g/mol. The van der Waals surface area contributed by atoms with Gasteiger partial charge in [-0.25, -0.2) is 8.42 Å². The molecule has 1 atom stereocenters. The summed E-state index contributed by atoms with van der Waals surface area (Å²) in [6.07, 6.45) is 0. The molecule has 0 aromatic heterocycles. The van der Waals surface area contributed by atoms with Crippen LogP contribution in [0.1, 0.15) is 24.1 Å². The van der Waals surface area contributed by atoms with Gasteiger partial charge in [0.1, 0.15) is 0 Å². The van der Waals surface area contributed by atoms with Gasteiger partial charge in [0.2, 0.25) is 15.9 Å². The Morgan fingerprint density at radius 3 is 2.19 bits per heavy atom. The van der Waals surface area contributed by atoms with E-state index in [-0.39, 0.29) is 24.0 Å². The summed E-state index contributed by atoms with van der Waals surface area (Å²) in [6, 6.07) is 19.7. The fourth-order valence-electron chi connectivity index (χ4n) is 3.09. The molecule has 0 bridgehead atoms. The molecule has 1 amide bonds. The molecule has 0 saturated carbocycles. The second kappa shape index (κ2) is 10.7. The molecule has 0 aliphatic heterocycles. The van der Waals surface area contributed by atoms with Crippen LogP contribution in [0, 0.1) is 0 Å². The molecule has 0 aliphatic carbocycles. The SMILES string of the molecule is C[C@@H](NC(=O)CN(Cc1ccc(Cl)cc1Cl)S(=O)(=O)c1ccc(Cl)cc1)c1ccccc1. The third kappa shape index (κ3) is 6.24. The normalized spacial score (nSPS) is 12.5. The standard InChI is InChI=1S/C23H21Cl3N2O3S/c1-16(17-5-3-2-4-6-17)27-23(29)15-28(14-18-7-8-20(25)13-22(18)26)32(30,31)21-11-9-19(24)10-12-21/h2-13,16H,14-15H2,1H3,(H,27,29)/t16-/m1/s1. The van der Waals surface area contributed by atoms with Gasteiger partial charge >= 0.3 is 0 Å². The zero-order valence-corrected chi connectivity index (χ0v) is 20.2. The van der Waals surface area contributed by atoms with Crippen molar-refractivity contribution in [2.75, 3.05) is 6.54 Å². The van der Waals surface area contributed by atoms with Gasteiger partial charge in [-0.3, -0.25) is 4.79 Å². The minimum absolute atomic E-state index is 0.0240. The van der Waals surface area contributed by atoms with Crippen LogP contribution in [0.2, 0.25) is 15.1 Å². The molecular formula is C23H21Cl3N2O3S. The van der Waals surface area contributed by atoms with Crippen molar-refractivity contribution >= 4 is 50.7 Å². The molecule has 0 heterocycles. The fourth-order valence-corrected chi connectivity index (χ4v) is 5.06. The van der Waals surface area contributed by atoms with E-state index in [0.717, 1.165) is 9.87 Å². The van der Waals surface area contributed by atoms with Crippen LogP contribution in [0.3, 0.4) is 0 Å². The van der Waals surface area contributed by atoms with Crippen LogP contribution >= 0.6 is 34.8 Å². The second-order valence-corrected chi connectivity index (χ2v) is 10.4. The second-order valence-electron chi connectivity index (χ2n) is 7.16. The largest absolute Gasteiger partial charge is 0.348 e. The van der Waals surface area contributed by atoms with Gasteiger partial charge in [-0.05, 0) is 54.4 Å². The Morgan fingerprint density at radius 2 is 1.56 bits per heavy atom. The Morgan fingerprint density at radius 1 is 0.938 bits per heavy atom. The molecule has 0 radical (unpaired) electrons. The van der Waals surface area contributed by atoms with E-state index in [1.807, 2.05) is 37.3 Å². The summed E-state index contributed by atoms with van der Waals surface area (Å²) in [4.78, 5) is 12.8. The van der Waals surface area contributed by atoms with Crippen molar-refractivity contribution in [2.24, 2.45) is 0 Å². The molecule has 0 saturated heterocycles. The number of carbonyl (C=O) groups is 1. The van der Waals surface area contributed by atoms with Crippen molar-refractivity contribution in [3.05, 3.63) is 99.0 Å². The summed E-state index contributed by atoms with van der Waals surface area (Å²) in [6.45, 7) is 1.34. The number of nitrogens with zero attached hydrogens (tertiary/aromatic N) is 1. The van der Waals surface area contributed by atoms with Crippen molar-refractivity contribution in [3.63, 3.8) is 0 Å². The molecule has 0 unspecified atom stereocenters. The van der Waals surface area contributed by atoms with Crippen LogP contribution < -0.4 is 5.32 Å². The number of benzene rings is 3. The number of carbonyl (C=O) groups excluding carboxylic acids is 1. The number of hydrogen-bond donors (Lipinski definition) is 1. The molecule has 0 fully saturated rings. The van der Waals surface area contributed by atoms with Gasteiger partial charge in [0, 0.05) is 21.6 Å². The Balaban J connectivity index is 1.87. The van der Waals surface area contributed by atoms with Crippen LogP contribution in [0.5, 0.6) is 0 Å². The first-order valence-corrected chi connectivity index (χ1v) is 12.3. The van der Waals surface area contributed by atoms with E-state index in [0.29, 0.717) is 20.6 Å². The van der Waals surface area contributed by atoms with Gasteiger partial charge in [0.15, 0.2) is 0 Å². The quantitative estimate of drug-likeness (QED) is 0.421. The highest BCUT2D eigenvalue weighted by atomic mass is 35.5. The minimum Gasteiger partial charge on any atom is -0.348 e. The first-order valence-electron chi connectivity index (χ1n) is 9.71. The molecule has 3 rings (SSSR count). The first kappa shape index (κ1) is 24.6. The lowest BCUT2D eigenvalue weighted by Gasteiger charge is -2.24. The summed E-state index contributed by atoms with van der Waals surface area (Å²) >= 11 is 18.1. The molecule has 1 N–H and O–H groups in total. The summed E-state index contributed by atoms with van der Waals surface area (Å²) in [5.74, 6) is -0.441. The van der Waals surface area contributed by atoms with E-state index < -0.39 is 15.9 Å². The van der Waals surface area contributed by atoms with E-state index in [1.54, 1.807) is 12.1 Å². The maximum atomic E-state index is 13.4. The van der Waals surface area contributed by atoms with Crippen molar-refractivity contribution < 1.29 is 13.2 Å². The van der Waals surface area contributed by atoms with E-state index in [2.05, 4.69) is 5.32 Å². The molecule has 0 spiro atoms. The fraction of sp³-hybridized carbons (Fsp3) is 0.174. The lowest BCUT2D eigenvalue weighted by Crippen LogP contribution is -2.41. The zero-order valence-electron chi connectivity index (χ0n) is 17.1. The number of halogens is 3. The number of rotatable bonds is 8. The van der Waals surface area contributed by atoms with Crippen molar-refractivity contribution in [2.45, 2.75) is 24.4 Å². The average molecular weight is 512 g/mol. The summed E-state index contributed by atoms with van der Waals surface area (Å²) < 4.78 is 27.8. The smallest absolute Gasteiger partial charge is 0.243 e. The maximum Gasteiger partial charge on any atom is 0.243 e. The van der Waals surface area contributed by atoms with Gasteiger partial charge in [-0.1, -0.05) is 71.2 Å². The van der Waals surface area contributed by atoms with Gasteiger partial charge in [-0.2, -0.15) is 4.31 Å². The van der Waals surface area contributed by atoms with E-state index in [1.165, 1.54) is 30.3 Å². The Labute approximate surface area is 203 Å². The van der Waals surface area contributed by atoms with Gasteiger partial charge in [-0.15, -0.1) is 0 Å². The monoisotopic (exact) mass is 510 g/mol. The van der Waals surface area contributed by atoms with Gasteiger partial charge in [0.25, 0.3) is 0 Å². The highest BCUT2D eigenvalue weighted by molar-refractivity contribution is 7.89. The van der Waals surface area contributed by atoms with Crippen molar-refractivity contribution in [1.82, 2.24) is 9.62 Å². The third-order valence-corrected chi connectivity index (χ3v) is 7.46. The van der Waals surface area contributed by atoms with Crippen molar-refractivity contribution in [3.8, 4) is 0 Å². The molecule has 0 aliphatic rings. The Bertz CT molecular complexity index is 1190. The maximum absolute atomic E-state index is 13.4. The summed E-state index contributed by atoms with van der Waals surface area (Å²) in [7, 11) is -4.02. The number of amides is 1. The molecule has 5 nitrogen and oxygen atoms in total. The zero-order chi connectivity index (χ0) is 23.3. The molecule has 32 heavy (non-hydrogen) atoms. The highest BCUT2D eigenvalue weighted by Crippen LogP contribution is 2.26. The van der Waals surface area contributed by atoms with Crippen LogP contribution in [0.15, 0.2) is 77.7 Å². The van der Waals surface area contributed by atoms with Crippen LogP contribution in [-0.4, -0.2) is 25.2 Å². The van der Waals surface area contributed by atoms with Crippen LogP contribution in [-0.2, 0) is 21.4 Å². The highest BCUT2D eigenvalue weighted by Gasteiger charge is 2.28. The molecule has 9 heteroatoms. The predicted octanol–water partition coefficient (Wildman–Crippen LogP) is 5.72. The third-order valence-electron chi connectivity index (χ3n) is 4.81. The van der Waals surface area contributed by atoms with Crippen LogP contribution in [0.4, 0.5) is 0 Å². The Kier molecular flexibility index (Phi) is 8.20. The van der Waals surface area contributed by atoms with E-state index in [9.17, 15) is 13.2 Å².